The van der Waals surface area contributed by atoms with Gasteiger partial charge in [0, 0.05) is 50.0 Å². The quantitative estimate of drug-likeness (QED) is 0.249. The van der Waals surface area contributed by atoms with Crippen LogP contribution in [-0.2, 0) is 19.1 Å². The van der Waals surface area contributed by atoms with Crippen LogP contribution in [0.2, 0.25) is 0 Å². The molecule has 0 aromatic rings. The van der Waals surface area contributed by atoms with Crippen LogP contribution < -0.4 is 0 Å². The zero-order valence-corrected chi connectivity index (χ0v) is 32.8. The second-order valence-electron chi connectivity index (χ2n) is 19.7. The summed E-state index contributed by atoms with van der Waals surface area (Å²) in [6.07, 6.45) is 7.83. The van der Waals surface area contributed by atoms with Crippen LogP contribution in [0.25, 0.3) is 0 Å². The summed E-state index contributed by atoms with van der Waals surface area (Å²) in [6.45, 7) is 25.2. The van der Waals surface area contributed by atoms with Crippen molar-refractivity contribution in [2.45, 2.75) is 139 Å². The number of esters is 1. The Balaban J connectivity index is 1.24. The molecule has 5 fully saturated rings. The Morgan fingerprint density at radius 2 is 1.54 bits per heavy atom. The molecular weight excluding hydrogens is 628 g/mol. The van der Waals surface area contributed by atoms with E-state index >= 15 is 0 Å². The third-order valence-corrected chi connectivity index (χ3v) is 16.0. The molecule has 0 aromatic carbocycles. The highest BCUT2D eigenvalue weighted by Gasteiger charge is 2.67. The largest absolute Gasteiger partial charge is 0.481 e. The predicted molar refractivity (Wildman–Crippen MR) is 195 cm³/mol. The molecule has 9 unspecified atom stereocenters. The molecule has 50 heavy (non-hydrogen) atoms. The number of carbonyl (C=O) groups is 3. The first kappa shape index (κ1) is 38.0. The number of aliphatic carboxylic acids is 1. The summed E-state index contributed by atoms with van der Waals surface area (Å²) < 4.78 is 6.15. The Morgan fingerprint density at radius 3 is 2.16 bits per heavy atom. The van der Waals surface area contributed by atoms with Crippen molar-refractivity contribution in [1.82, 2.24) is 9.80 Å². The predicted octanol–water partition coefficient (Wildman–Crippen LogP) is 6.99. The Labute approximate surface area is 302 Å². The molecule has 0 aromatic heterocycles. The number of carboxylic acid groups (broad SMARTS) is 1. The number of aliphatic hydroxyl groups excluding tert-OH is 1. The number of ether oxygens (including phenoxy) is 1. The first-order valence-corrected chi connectivity index (χ1v) is 20.1. The van der Waals surface area contributed by atoms with Crippen LogP contribution in [0, 0.1) is 56.7 Å². The standard InChI is InChI=1S/C42H68N2O6/c1-10-43-19-21-44(22-20-43)25-32(46)42-18-13-28-27(36(42)35(26(2)3)29(45)23-42)11-12-31-40(28,8)16-14-30-39(6,7)33(15-17-41(30,31)9)50-34(47)24-38(4,5)37(48)49/h26-28,30-33,46H,10-25H2,1-9H3,(H,48,49). The number of β-amino-alcohol motifs (C(OH)–C–C–N with tert-alkyl or cyclic N) is 1. The van der Waals surface area contributed by atoms with Gasteiger partial charge in [0.05, 0.1) is 17.9 Å². The van der Waals surface area contributed by atoms with Gasteiger partial charge in [0.2, 0.25) is 0 Å². The van der Waals surface area contributed by atoms with E-state index in [1.165, 1.54) is 5.57 Å². The normalized spacial score (nSPS) is 39.7. The lowest BCUT2D eigenvalue weighted by Crippen LogP contribution is -2.63. The van der Waals surface area contributed by atoms with E-state index in [1.807, 2.05) is 0 Å². The van der Waals surface area contributed by atoms with Crippen LogP contribution in [0.15, 0.2) is 11.1 Å². The number of ketones is 1. The topological polar surface area (TPSA) is 107 Å². The van der Waals surface area contributed by atoms with Crippen molar-refractivity contribution in [3.05, 3.63) is 11.1 Å². The number of fused-ring (bicyclic) bond motifs is 7. The summed E-state index contributed by atoms with van der Waals surface area (Å²) in [6, 6.07) is 0. The van der Waals surface area contributed by atoms with Crippen molar-refractivity contribution >= 4 is 17.7 Å². The lowest BCUT2D eigenvalue weighted by atomic mass is 9.36. The Bertz CT molecular complexity index is 1380. The van der Waals surface area contributed by atoms with Crippen molar-refractivity contribution in [2.24, 2.45) is 56.7 Å². The summed E-state index contributed by atoms with van der Waals surface area (Å²) in [7, 11) is 0. The summed E-state index contributed by atoms with van der Waals surface area (Å²) in [4.78, 5) is 43.7. The molecule has 4 saturated carbocycles. The van der Waals surface area contributed by atoms with Gasteiger partial charge in [-0.3, -0.25) is 19.3 Å². The van der Waals surface area contributed by atoms with Crippen molar-refractivity contribution in [3.63, 3.8) is 0 Å². The second kappa shape index (κ2) is 13.3. The van der Waals surface area contributed by atoms with Crippen molar-refractivity contribution in [2.75, 3.05) is 39.3 Å². The molecule has 2 N–H and O–H groups in total. The molecule has 0 spiro atoms. The zero-order chi connectivity index (χ0) is 36.6. The van der Waals surface area contributed by atoms with E-state index < -0.39 is 28.9 Å². The number of hydrogen-bond acceptors (Lipinski definition) is 7. The highest BCUT2D eigenvalue weighted by molar-refractivity contribution is 6.00. The fourth-order valence-corrected chi connectivity index (χ4v) is 13.3. The number of carboxylic acids is 1. The number of allylic oxidation sites excluding steroid dienone is 1. The Morgan fingerprint density at radius 1 is 0.900 bits per heavy atom. The second-order valence-corrected chi connectivity index (χ2v) is 19.7. The summed E-state index contributed by atoms with van der Waals surface area (Å²) in [5, 5.41) is 21.8. The fourth-order valence-electron chi connectivity index (χ4n) is 13.3. The number of hydrogen-bond donors (Lipinski definition) is 2. The number of nitrogens with zero attached hydrogens (tertiary/aromatic N) is 2. The third kappa shape index (κ3) is 6.03. The van der Waals surface area contributed by atoms with Crippen molar-refractivity contribution < 1.29 is 29.3 Å². The number of carbonyl (C=O) groups excluding carboxylic acids is 2. The number of likely N-dealkylation sites (N-methyl/N-ethyl adjacent to an activating group) is 1. The maximum atomic E-state index is 14.0. The monoisotopic (exact) mass is 697 g/mol. The summed E-state index contributed by atoms with van der Waals surface area (Å²) in [5.74, 6) is 0.862. The van der Waals surface area contributed by atoms with E-state index in [2.05, 4.69) is 58.3 Å². The lowest BCUT2D eigenvalue weighted by molar-refractivity contribution is -0.214. The minimum absolute atomic E-state index is 0.111. The molecule has 1 saturated heterocycles. The summed E-state index contributed by atoms with van der Waals surface area (Å²) in [5.41, 5.74) is 0.874. The first-order chi connectivity index (χ1) is 23.3. The molecule has 5 aliphatic carbocycles. The first-order valence-electron chi connectivity index (χ1n) is 20.1. The van der Waals surface area contributed by atoms with E-state index in [-0.39, 0.29) is 40.5 Å². The SMILES string of the molecule is CCN1CCN(CC(O)C23CCC4C(CCC5C4(C)CCC4C(C)(C)C(OC(=O)CC(C)(C)C(=O)O)CCC45C)C2=C(C(C)C)C(=O)C3)CC1. The smallest absolute Gasteiger partial charge is 0.309 e. The molecular formula is C42H68N2O6. The summed E-state index contributed by atoms with van der Waals surface area (Å²) >= 11 is 0. The van der Waals surface area contributed by atoms with E-state index in [1.54, 1.807) is 13.8 Å². The molecule has 282 valence electrons. The molecule has 1 aliphatic heterocycles. The van der Waals surface area contributed by atoms with Crippen LogP contribution >= 0.6 is 0 Å². The molecule has 0 radical (unpaired) electrons. The highest BCUT2D eigenvalue weighted by Crippen LogP contribution is 2.73. The third-order valence-electron chi connectivity index (χ3n) is 16.0. The van der Waals surface area contributed by atoms with Gasteiger partial charge >= 0.3 is 11.9 Å². The van der Waals surface area contributed by atoms with Crippen LogP contribution in [0.1, 0.15) is 127 Å². The van der Waals surface area contributed by atoms with Crippen LogP contribution in [0.4, 0.5) is 0 Å². The average molecular weight is 697 g/mol. The van der Waals surface area contributed by atoms with Gasteiger partial charge in [0.15, 0.2) is 5.78 Å². The van der Waals surface area contributed by atoms with Gasteiger partial charge in [0.1, 0.15) is 6.10 Å². The van der Waals surface area contributed by atoms with Gasteiger partial charge in [0.25, 0.3) is 0 Å². The van der Waals surface area contributed by atoms with E-state index in [0.717, 1.165) is 89.7 Å². The minimum atomic E-state index is -1.15. The Kier molecular flexibility index (Phi) is 10.1. The lowest BCUT2D eigenvalue weighted by Gasteiger charge is -2.69. The highest BCUT2D eigenvalue weighted by atomic mass is 16.5. The average Bonchev–Trinajstić information content (AvgIpc) is 3.36. The maximum absolute atomic E-state index is 14.0. The van der Waals surface area contributed by atoms with Gasteiger partial charge < -0.3 is 19.8 Å². The van der Waals surface area contributed by atoms with Crippen LogP contribution in [0.5, 0.6) is 0 Å². The van der Waals surface area contributed by atoms with Crippen LogP contribution in [0.3, 0.4) is 0 Å². The molecule has 6 rings (SSSR count). The number of Topliss-reactive ketones (excluding diaryl/α,β-unsaturated/α-hetero) is 1. The molecule has 8 nitrogen and oxygen atoms in total. The van der Waals surface area contributed by atoms with Crippen molar-refractivity contribution in [3.8, 4) is 0 Å². The van der Waals surface area contributed by atoms with Crippen LogP contribution in [-0.4, -0.2) is 89.2 Å². The van der Waals surface area contributed by atoms with Gasteiger partial charge in [-0.05, 0) is 118 Å². The molecule has 0 bridgehead atoms. The number of piperazine rings is 1. The number of aliphatic hydroxyl groups is 1. The van der Waals surface area contributed by atoms with Gasteiger partial charge in [-0.1, -0.05) is 54.0 Å². The zero-order valence-electron chi connectivity index (χ0n) is 32.8. The van der Waals surface area contributed by atoms with Crippen molar-refractivity contribution in [1.29, 1.82) is 0 Å². The van der Waals surface area contributed by atoms with Gasteiger partial charge in [-0.2, -0.15) is 0 Å². The molecule has 6 aliphatic rings. The van der Waals surface area contributed by atoms with E-state index in [0.29, 0.717) is 36.6 Å². The van der Waals surface area contributed by atoms with E-state index in [9.17, 15) is 24.6 Å². The number of rotatable bonds is 9. The molecule has 1 heterocycles. The molecule has 8 heteroatoms. The molecule has 0 amide bonds. The van der Waals surface area contributed by atoms with Gasteiger partial charge in [-0.25, -0.2) is 0 Å². The fraction of sp³-hybridized carbons (Fsp3) is 0.881. The molecule has 9 atom stereocenters. The van der Waals surface area contributed by atoms with E-state index in [4.69, 9.17) is 4.74 Å². The minimum Gasteiger partial charge on any atom is -0.481 e. The Hall–Kier alpha value is -1.77. The maximum Gasteiger partial charge on any atom is 0.309 e. The van der Waals surface area contributed by atoms with Gasteiger partial charge in [-0.15, -0.1) is 0 Å².